The number of hydrogen-bond donors (Lipinski definition) is 1. The van der Waals surface area contributed by atoms with Crippen molar-refractivity contribution in [3.05, 3.63) is 0 Å². The Labute approximate surface area is 30.7 Å². The van der Waals surface area contributed by atoms with E-state index in [1.54, 1.807) is 6.26 Å². The van der Waals surface area contributed by atoms with Crippen LogP contribution in [0, 0.1) is 10.8 Å². The van der Waals surface area contributed by atoms with Crippen LogP contribution in [0.5, 0.6) is 0 Å². The van der Waals surface area contributed by atoms with Crippen molar-refractivity contribution in [1.29, 1.82) is 10.8 Å². The van der Waals surface area contributed by atoms with Gasteiger partial charge in [-0.05, 0) is 6.26 Å². The molecule has 0 amide bonds. The van der Waals surface area contributed by atoms with Gasteiger partial charge in [-0.25, -0.2) is 0 Å². The van der Waals surface area contributed by atoms with Crippen molar-refractivity contribution >= 4 is 12.6 Å². The summed E-state index contributed by atoms with van der Waals surface area (Å²) in [5, 5.41) is 12.0. The van der Waals surface area contributed by atoms with Crippen molar-refractivity contribution in [3.8, 4) is 0 Å². The molecular weight excluding hydrogens is 72.1 g/mol. The van der Waals surface area contributed by atoms with E-state index in [9.17, 15) is 0 Å². The first-order valence-electron chi connectivity index (χ1n) is 0.647. The Balaban J connectivity index is 0. The molecule has 0 rings (SSSR count). The molecule has 0 aromatic heterocycles. The third-order valence-corrected chi connectivity index (χ3v) is 0. The summed E-state index contributed by atoms with van der Waals surface area (Å²) >= 11 is 3.53. The summed E-state index contributed by atoms with van der Waals surface area (Å²) in [6.45, 7) is 0. The van der Waals surface area contributed by atoms with E-state index < -0.39 is 0 Å². The topological polar surface area (TPSA) is 47.6 Å². The average molecular weight is 76.1 g/mol. The summed E-state index contributed by atoms with van der Waals surface area (Å²) in [7, 11) is 0. The van der Waals surface area contributed by atoms with Crippen molar-refractivity contribution in [2.24, 2.45) is 0 Å². The van der Waals surface area contributed by atoms with E-state index in [2.05, 4.69) is 12.6 Å². The van der Waals surface area contributed by atoms with E-state index in [0.717, 1.165) is 0 Å². The molecule has 0 atom stereocenters. The first kappa shape index (κ1) is 9.23. The molecule has 0 aliphatic carbocycles. The molecule has 2 nitrogen and oxygen atoms in total. The van der Waals surface area contributed by atoms with Crippen LogP contribution in [-0.4, -0.2) is 6.26 Å². The van der Waals surface area contributed by atoms with E-state index in [1.165, 1.54) is 0 Å². The summed E-state index contributed by atoms with van der Waals surface area (Å²) in [5.41, 5.74) is 0. The molecule has 24 valence electrons. The third kappa shape index (κ3) is 19.8. The van der Waals surface area contributed by atoms with Gasteiger partial charge >= 0.3 is 0 Å². The lowest BCUT2D eigenvalue weighted by Crippen LogP contribution is -0.865. The molecule has 0 bridgehead atoms. The Bertz CT molecular complexity index is 10.8. The van der Waals surface area contributed by atoms with Crippen LogP contribution >= 0.6 is 12.6 Å². The fraction of sp³-hybridized carbons (Fsp3) is 1.00. The quantitative estimate of drug-likeness (QED) is 0.339. The molecule has 0 spiro atoms. The maximum atomic E-state index is 6.00. The monoisotopic (exact) mass is 76.0 g/mol. The van der Waals surface area contributed by atoms with Gasteiger partial charge in [-0.1, -0.05) is 0 Å². The Kier molecular flexibility index (Phi) is 379. The van der Waals surface area contributed by atoms with Crippen molar-refractivity contribution in [3.63, 3.8) is 0 Å². The summed E-state index contributed by atoms with van der Waals surface area (Å²) < 4.78 is 0. The molecule has 0 aliphatic heterocycles. The van der Waals surface area contributed by atoms with Gasteiger partial charge in [-0.15, -0.1) is 0 Å². The van der Waals surface area contributed by atoms with Crippen molar-refractivity contribution in [1.82, 2.24) is 0 Å². The third-order valence-electron chi connectivity index (χ3n) is 0. The van der Waals surface area contributed by atoms with E-state index in [0.29, 0.717) is 0 Å². The number of nitrogens with zero attached hydrogens (tertiary/aromatic N) is 2. The molecule has 0 saturated carbocycles. The van der Waals surface area contributed by atoms with Crippen molar-refractivity contribution in [2.45, 2.75) is 0 Å². The van der Waals surface area contributed by atoms with Gasteiger partial charge in [0.25, 0.3) is 0 Å². The maximum absolute atomic E-state index is 6.00. The van der Waals surface area contributed by atoms with Gasteiger partial charge in [-0.3, -0.25) is 0 Å². The molecule has 0 heterocycles. The van der Waals surface area contributed by atoms with Gasteiger partial charge in [0.1, 0.15) is 0 Å². The van der Waals surface area contributed by atoms with Gasteiger partial charge in [-0.2, -0.15) is 12.6 Å². The molecule has 3 heteroatoms. The summed E-state index contributed by atoms with van der Waals surface area (Å²) in [4.78, 5) is 0. The Morgan fingerprint density at radius 3 is 1.25 bits per heavy atom. The minimum absolute atomic E-state index is 1.69. The van der Waals surface area contributed by atoms with Crippen LogP contribution in [0.15, 0.2) is 0 Å². The highest BCUT2D eigenvalue weighted by Gasteiger charge is 0.901. The zero-order valence-electron chi connectivity index (χ0n) is 2.34. The predicted molar refractivity (Wildman–Crippen MR) is 18.4 cm³/mol. The highest BCUT2D eigenvalue weighted by Crippen LogP contribution is 1.31. The van der Waals surface area contributed by atoms with Gasteiger partial charge in [0.05, 0.1) is 0 Å². The Morgan fingerprint density at radius 2 is 1.25 bits per heavy atom. The minimum Gasteiger partial charge on any atom is -0.183 e. The highest BCUT2D eigenvalue weighted by atomic mass is 32.1. The minimum atomic E-state index is 1.69. The molecular formula is CH4N2S. The zero-order valence-corrected chi connectivity index (χ0v) is 3.24. The predicted octanol–water partition coefficient (Wildman–Crippen LogP) is 0.576. The molecule has 0 fully saturated rings. The summed E-state index contributed by atoms with van der Waals surface area (Å²) in [6.07, 6.45) is 1.69. The van der Waals surface area contributed by atoms with Crippen molar-refractivity contribution < 1.29 is 0 Å². The average Bonchev–Trinajstić information content (AvgIpc) is 1.50. The van der Waals surface area contributed by atoms with E-state index in [1.807, 2.05) is 0 Å². The van der Waals surface area contributed by atoms with Gasteiger partial charge < -0.3 is 0 Å². The van der Waals surface area contributed by atoms with Crippen LogP contribution in [0.25, 0.3) is 0 Å². The molecule has 0 aliphatic rings. The van der Waals surface area contributed by atoms with E-state index in [-0.39, 0.29) is 0 Å². The van der Waals surface area contributed by atoms with Gasteiger partial charge in [0.15, 0.2) is 0 Å². The lowest BCUT2D eigenvalue weighted by atomic mass is 12.0. The molecule has 0 aromatic rings. The molecule has 0 aromatic carbocycles. The largest absolute Gasteiger partial charge is 0.183 e. The molecule has 0 unspecified atom stereocenters. The Hall–Kier alpha value is -0.230. The smallest absolute Gasteiger partial charge is 0 e. The second-order valence-corrected chi connectivity index (χ2v) is 0. The second kappa shape index (κ2) is 164. The number of rotatable bonds is 0. The van der Waals surface area contributed by atoms with Gasteiger partial charge in [0.2, 0.25) is 0 Å². The lowest BCUT2D eigenvalue weighted by Gasteiger charge is -1.11. The first-order chi connectivity index (χ1) is 2.00. The Morgan fingerprint density at radius 1 is 1.25 bits per heavy atom. The standard InChI is InChI=1S/CH4S.N2/c2*1-2/h2H,1H3;. The SMILES string of the molecule is CS.N#N. The molecule has 0 radical (unpaired) electrons. The van der Waals surface area contributed by atoms with Crippen LogP contribution in [-0.2, 0) is 0 Å². The highest BCUT2D eigenvalue weighted by molar-refractivity contribution is 7.79. The second-order valence-electron chi connectivity index (χ2n) is 0. The van der Waals surface area contributed by atoms with Crippen molar-refractivity contribution in [2.75, 3.05) is 6.26 Å². The number of hydrogen-bond acceptors (Lipinski definition) is 3. The lowest BCUT2D eigenvalue weighted by molar-refractivity contribution is 1.15. The maximum Gasteiger partial charge on any atom is 0 e. The summed E-state index contributed by atoms with van der Waals surface area (Å²) in [5.74, 6) is 0. The first-order valence-corrected chi connectivity index (χ1v) is 1.54. The fourth-order valence-electron chi connectivity index (χ4n) is 0. The fourth-order valence-corrected chi connectivity index (χ4v) is 0. The van der Waals surface area contributed by atoms with E-state index in [4.69, 9.17) is 10.8 Å². The summed E-state index contributed by atoms with van der Waals surface area (Å²) in [6, 6.07) is 0. The van der Waals surface area contributed by atoms with E-state index >= 15 is 0 Å². The molecule has 0 saturated heterocycles. The van der Waals surface area contributed by atoms with Crippen LogP contribution in [0.1, 0.15) is 0 Å². The van der Waals surface area contributed by atoms with Crippen LogP contribution in [0.2, 0.25) is 0 Å². The molecule has 4 heavy (non-hydrogen) atoms. The number of thiol groups is 1. The normalized spacial score (nSPS) is 2.00. The molecule has 0 N–H and O–H groups in total. The van der Waals surface area contributed by atoms with Crippen LogP contribution < -0.4 is 0 Å². The zero-order chi connectivity index (χ0) is 4.00. The van der Waals surface area contributed by atoms with Crippen LogP contribution in [0.3, 0.4) is 0 Å². The van der Waals surface area contributed by atoms with Crippen LogP contribution in [0.4, 0.5) is 0 Å². The van der Waals surface area contributed by atoms with Gasteiger partial charge in [0, 0.05) is 10.8 Å².